The molecule has 18 atom stereocenters. The normalized spacial score (nSPS) is 57.6. The summed E-state index contributed by atoms with van der Waals surface area (Å²) in [7, 11) is 0. The van der Waals surface area contributed by atoms with Crippen molar-refractivity contribution in [3.8, 4) is 0 Å². The van der Waals surface area contributed by atoms with Gasteiger partial charge in [-0.1, -0.05) is 6.92 Å². The van der Waals surface area contributed by atoms with Crippen LogP contribution in [0.2, 0.25) is 0 Å². The average molecular weight is 521 g/mol. The smallest absolute Gasteiger partial charge is 0.0612 e. The van der Waals surface area contributed by atoms with Crippen LogP contribution in [0, 0.1) is 88.8 Å². The third-order valence-corrected chi connectivity index (χ3v) is 15.7. The minimum Gasteiger partial charge on any atom is -0.378 e. The first-order valence-electron chi connectivity index (χ1n) is 17.9. The molecule has 2 heteroatoms. The first-order chi connectivity index (χ1) is 18.7. The molecule has 17 unspecified atom stereocenters. The van der Waals surface area contributed by atoms with Crippen molar-refractivity contribution >= 4 is 0 Å². The molecule has 9 aliphatic rings. The van der Waals surface area contributed by atoms with Gasteiger partial charge in [0, 0.05) is 0 Å². The summed E-state index contributed by atoms with van der Waals surface area (Å²) in [5.74, 6) is 16.1. The van der Waals surface area contributed by atoms with E-state index < -0.39 is 0 Å². The summed E-state index contributed by atoms with van der Waals surface area (Å²) in [5, 5.41) is 0. The maximum atomic E-state index is 6.92. The first kappa shape index (κ1) is 24.5. The third kappa shape index (κ3) is 3.56. The zero-order chi connectivity index (χ0) is 25.1. The van der Waals surface area contributed by atoms with Crippen LogP contribution in [-0.2, 0) is 9.47 Å². The number of hydrogen-bond donors (Lipinski definition) is 0. The largest absolute Gasteiger partial charge is 0.378 e. The van der Waals surface area contributed by atoms with Gasteiger partial charge in [0.1, 0.15) is 0 Å². The SMILES string of the molecule is CCC(CCCC(C)OCC1CC2CC1C1CC3C4CCC(C4)C3C21)OC1CC2CC1C1C3CCC(C3)[C@H]21. The van der Waals surface area contributed by atoms with E-state index in [9.17, 15) is 0 Å². The summed E-state index contributed by atoms with van der Waals surface area (Å²) >= 11 is 0. The maximum Gasteiger partial charge on any atom is 0.0612 e. The first-order valence-corrected chi connectivity index (χ1v) is 17.9. The second kappa shape index (κ2) is 9.21. The molecule has 0 amide bonds. The van der Waals surface area contributed by atoms with E-state index in [0.717, 1.165) is 95.4 Å². The molecule has 9 rings (SSSR count). The number of fused-ring (bicyclic) bond motifs is 20. The molecule has 0 aromatic rings. The van der Waals surface area contributed by atoms with Gasteiger partial charge in [-0.25, -0.2) is 0 Å². The van der Waals surface area contributed by atoms with Crippen molar-refractivity contribution in [3.63, 3.8) is 0 Å². The molecule has 0 N–H and O–H groups in total. The van der Waals surface area contributed by atoms with Crippen LogP contribution in [0.25, 0.3) is 0 Å². The summed E-state index contributed by atoms with van der Waals surface area (Å²) in [6, 6.07) is 0. The lowest BCUT2D eigenvalue weighted by atomic mass is 9.70. The average Bonchev–Trinajstić information content (AvgIpc) is 3.77. The molecule has 0 aliphatic heterocycles. The molecule has 0 heterocycles. The van der Waals surface area contributed by atoms with Crippen molar-refractivity contribution in [1.29, 1.82) is 0 Å². The van der Waals surface area contributed by atoms with Crippen LogP contribution in [0.3, 0.4) is 0 Å². The van der Waals surface area contributed by atoms with E-state index in [-0.39, 0.29) is 0 Å². The van der Waals surface area contributed by atoms with Gasteiger partial charge in [0.2, 0.25) is 0 Å². The van der Waals surface area contributed by atoms with Crippen molar-refractivity contribution in [3.05, 3.63) is 0 Å². The molecule has 0 radical (unpaired) electrons. The van der Waals surface area contributed by atoms with Crippen LogP contribution < -0.4 is 0 Å². The van der Waals surface area contributed by atoms with Crippen LogP contribution in [0.1, 0.15) is 110 Å². The Hall–Kier alpha value is -0.0800. The fourth-order valence-corrected chi connectivity index (χ4v) is 14.8. The van der Waals surface area contributed by atoms with Gasteiger partial charge in [0.15, 0.2) is 0 Å². The van der Waals surface area contributed by atoms with Gasteiger partial charge in [0.05, 0.1) is 24.9 Å². The Morgan fingerprint density at radius 3 is 2.13 bits per heavy atom. The molecule has 212 valence electrons. The topological polar surface area (TPSA) is 18.5 Å². The highest BCUT2D eigenvalue weighted by atomic mass is 16.5. The van der Waals surface area contributed by atoms with Gasteiger partial charge in [-0.3, -0.25) is 0 Å². The predicted molar refractivity (Wildman–Crippen MR) is 151 cm³/mol. The second-order valence-corrected chi connectivity index (χ2v) is 16.9. The van der Waals surface area contributed by atoms with Gasteiger partial charge < -0.3 is 9.47 Å². The maximum absolute atomic E-state index is 6.92. The number of rotatable bonds is 10. The quantitative estimate of drug-likeness (QED) is 0.269. The lowest BCUT2D eigenvalue weighted by Crippen LogP contribution is -2.38. The molecule has 9 aliphatic carbocycles. The van der Waals surface area contributed by atoms with Crippen molar-refractivity contribution < 1.29 is 9.47 Å². The van der Waals surface area contributed by atoms with Gasteiger partial charge >= 0.3 is 0 Å². The van der Waals surface area contributed by atoms with Crippen LogP contribution in [0.15, 0.2) is 0 Å². The third-order valence-electron chi connectivity index (χ3n) is 15.7. The summed E-state index contributed by atoms with van der Waals surface area (Å²) in [5.41, 5.74) is 0. The van der Waals surface area contributed by atoms with Crippen LogP contribution in [0.4, 0.5) is 0 Å². The summed E-state index contributed by atoms with van der Waals surface area (Å²) < 4.78 is 13.5. The Kier molecular flexibility index (Phi) is 5.94. The van der Waals surface area contributed by atoms with Crippen molar-refractivity contribution in [2.75, 3.05) is 6.61 Å². The molecule has 9 fully saturated rings. The zero-order valence-electron chi connectivity index (χ0n) is 24.5. The zero-order valence-corrected chi connectivity index (χ0v) is 24.5. The van der Waals surface area contributed by atoms with E-state index in [2.05, 4.69) is 13.8 Å². The summed E-state index contributed by atoms with van der Waals surface area (Å²) in [4.78, 5) is 0. The molecule has 2 nitrogen and oxygen atoms in total. The summed E-state index contributed by atoms with van der Waals surface area (Å²) in [6.07, 6.45) is 23.6. The van der Waals surface area contributed by atoms with Crippen molar-refractivity contribution in [2.24, 2.45) is 88.8 Å². The molecule has 0 saturated heterocycles. The Morgan fingerprint density at radius 1 is 0.605 bits per heavy atom. The van der Waals surface area contributed by atoms with E-state index in [4.69, 9.17) is 9.47 Å². The molecular weight excluding hydrogens is 464 g/mol. The predicted octanol–water partition coefficient (Wildman–Crippen LogP) is 8.38. The second-order valence-electron chi connectivity index (χ2n) is 16.9. The Morgan fingerprint density at radius 2 is 1.29 bits per heavy atom. The van der Waals surface area contributed by atoms with E-state index in [1.54, 1.807) is 51.4 Å². The summed E-state index contributed by atoms with van der Waals surface area (Å²) in [6.45, 7) is 5.79. The lowest BCUT2D eigenvalue weighted by molar-refractivity contribution is -0.0745. The van der Waals surface area contributed by atoms with E-state index in [1.165, 1.54) is 44.9 Å². The van der Waals surface area contributed by atoms with Crippen LogP contribution >= 0.6 is 0 Å². The van der Waals surface area contributed by atoms with Gasteiger partial charge in [0.25, 0.3) is 0 Å². The van der Waals surface area contributed by atoms with Gasteiger partial charge in [-0.05, 0) is 192 Å². The molecule has 0 aromatic carbocycles. The Bertz CT molecular complexity index is 900. The minimum atomic E-state index is 0.429. The monoisotopic (exact) mass is 520 g/mol. The Labute approximate surface area is 233 Å². The number of ether oxygens (including phenoxy) is 2. The van der Waals surface area contributed by atoms with E-state index in [1.807, 2.05) is 0 Å². The molecule has 0 spiro atoms. The molecule has 9 saturated carbocycles. The number of hydrogen-bond acceptors (Lipinski definition) is 2. The standard InChI is InChI=1S/C36H56O2/c1-3-27(38-32-16-25-15-31(32)35-23-10-9-21(12-23)33(25)35)6-4-5-19(2)37-18-26-13-24-14-28(26)30-17-29-20-7-8-22(11-20)34(29)36(24)30/h19-36H,3-18H2,1-2H3/t19?,20?,21?,22?,23?,24?,25?,26?,27?,28?,29?,30?,31?,32?,33-,34?,35?,36?/m1/s1. The fourth-order valence-electron chi connectivity index (χ4n) is 14.8. The Balaban J connectivity index is 0.726. The highest BCUT2D eigenvalue weighted by molar-refractivity contribution is 5.14. The molecule has 0 aromatic heterocycles. The van der Waals surface area contributed by atoms with Gasteiger partial charge in [-0.2, -0.15) is 0 Å². The van der Waals surface area contributed by atoms with Gasteiger partial charge in [-0.15, -0.1) is 0 Å². The molecular formula is C36H56O2. The fraction of sp³-hybridized carbons (Fsp3) is 1.00. The van der Waals surface area contributed by atoms with Crippen molar-refractivity contribution in [2.45, 2.75) is 128 Å². The minimum absolute atomic E-state index is 0.429. The lowest BCUT2D eigenvalue weighted by Gasteiger charge is -2.39. The molecule has 38 heavy (non-hydrogen) atoms. The van der Waals surface area contributed by atoms with Crippen molar-refractivity contribution in [1.82, 2.24) is 0 Å². The highest BCUT2D eigenvalue weighted by Crippen LogP contribution is 2.72. The van der Waals surface area contributed by atoms with E-state index in [0.29, 0.717) is 18.3 Å². The van der Waals surface area contributed by atoms with Crippen LogP contribution in [0.5, 0.6) is 0 Å². The van der Waals surface area contributed by atoms with E-state index >= 15 is 0 Å². The highest BCUT2D eigenvalue weighted by Gasteiger charge is 2.65. The van der Waals surface area contributed by atoms with Crippen LogP contribution in [-0.4, -0.2) is 24.9 Å². The molecule has 8 bridgehead atoms.